The molecule has 4 heteroatoms. The molecule has 1 aliphatic rings. The summed E-state index contributed by atoms with van der Waals surface area (Å²) in [7, 11) is -0.408. The van der Waals surface area contributed by atoms with Crippen LogP contribution in [0.1, 0.15) is 95.5 Å². The summed E-state index contributed by atoms with van der Waals surface area (Å²) in [6.45, 7) is 23.2. The molecule has 3 rings (SSSR count). The smallest absolute Gasteiger partial charge is 0.534 e. The molecule has 0 amide bonds. The van der Waals surface area contributed by atoms with Gasteiger partial charge in [0.05, 0.1) is 11.9 Å². The lowest BCUT2D eigenvalue weighted by molar-refractivity contribution is 0.0560. The fraction of sp³-hybridized carbons (Fsp3) is 0.548. The molecule has 0 saturated carbocycles. The molecule has 1 heterocycles. The highest BCUT2D eigenvalue weighted by atomic mass is 16.7. The second-order valence-corrected chi connectivity index (χ2v) is 11.9. The SMILES string of the molecule is C=C1OB(c2ccc(C(CC)(CC)c3ccc(CCC(O)C(C)(C)C)c(C)c3)cc2C)OC1(C)C. The van der Waals surface area contributed by atoms with Crippen molar-refractivity contribution in [3.05, 3.63) is 76.6 Å². The van der Waals surface area contributed by atoms with Gasteiger partial charge in [-0.2, -0.15) is 0 Å². The van der Waals surface area contributed by atoms with Crippen LogP contribution in [0.5, 0.6) is 0 Å². The fourth-order valence-electron chi connectivity index (χ4n) is 5.23. The first-order chi connectivity index (χ1) is 16.2. The van der Waals surface area contributed by atoms with E-state index in [9.17, 15) is 5.11 Å². The molecule has 3 nitrogen and oxygen atoms in total. The Hall–Kier alpha value is -2.04. The largest absolute Gasteiger partial charge is 0.563 e. The third-order valence-corrected chi connectivity index (χ3v) is 8.19. The summed E-state index contributed by atoms with van der Waals surface area (Å²) < 4.78 is 12.1. The molecule has 1 N–H and O–H groups in total. The van der Waals surface area contributed by atoms with E-state index in [-0.39, 0.29) is 16.9 Å². The van der Waals surface area contributed by atoms with Gasteiger partial charge in [0.2, 0.25) is 0 Å². The first kappa shape index (κ1) is 27.6. The molecule has 0 aliphatic carbocycles. The maximum Gasteiger partial charge on any atom is 0.563 e. The van der Waals surface area contributed by atoms with Gasteiger partial charge in [0.25, 0.3) is 0 Å². The van der Waals surface area contributed by atoms with Crippen molar-refractivity contribution in [1.29, 1.82) is 0 Å². The molecular formula is C31H45BO3. The van der Waals surface area contributed by atoms with E-state index < -0.39 is 12.7 Å². The van der Waals surface area contributed by atoms with Crippen molar-refractivity contribution in [3.8, 4) is 0 Å². The van der Waals surface area contributed by atoms with Crippen molar-refractivity contribution >= 4 is 12.6 Å². The van der Waals surface area contributed by atoms with E-state index in [1.165, 1.54) is 27.8 Å². The zero-order valence-corrected chi connectivity index (χ0v) is 23.4. The molecule has 2 aromatic carbocycles. The van der Waals surface area contributed by atoms with Gasteiger partial charge in [-0.3, -0.25) is 0 Å². The van der Waals surface area contributed by atoms with Crippen LogP contribution in [0.2, 0.25) is 0 Å². The predicted octanol–water partition coefficient (Wildman–Crippen LogP) is 6.78. The van der Waals surface area contributed by atoms with Crippen LogP contribution in [0.15, 0.2) is 48.7 Å². The topological polar surface area (TPSA) is 38.7 Å². The Morgan fingerprint density at radius 1 is 0.971 bits per heavy atom. The number of aryl methyl sites for hydroxylation is 3. The maximum absolute atomic E-state index is 10.5. The van der Waals surface area contributed by atoms with E-state index in [0.29, 0.717) is 5.76 Å². The second kappa shape index (κ2) is 10.1. The van der Waals surface area contributed by atoms with Gasteiger partial charge in [0.15, 0.2) is 0 Å². The Bertz CT molecular complexity index is 1060. The number of rotatable bonds is 8. The Morgan fingerprint density at radius 3 is 2.00 bits per heavy atom. The summed E-state index contributed by atoms with van der Waals surface area (Å²) in [5.41, 5.74) is 6.92. The van der Waals surface area contributed by atoms with Gasteiger partial charge in [0.1, 0.15) is 5.60 Å². The molecule has 35 heavy (non-hydrogen) atoms. The normalized spacial score (nSPS) is 17.0. The van der Waals surface area contributed by atoms with Crippen molar-refractivity contribution < 1.29 is 14.4 Å². The molecule has 190 valence electrons. The lowest BCUT2D eigenvalue weighted by Crippen LogP contribution is -2.37. The number of benzene rings is 2. The summed E-state index contributed by atoms with van der Waals surface area (Å²) >= 11 is 0. The highest BCUT2D eigenvalue weighted by molar-refractivity contribution is 6.62. The minimum absolute atomic E-state index is 0.0578. The molecule has 0 bridgehead atoms. The molecule has 1 saturated heterocycles. The Morgan fingerprint density at radius 2 is 1.54 bits per heavy atom. The van der Waals surface area contributed by atoms with Crippen LogP contribution in [0, 0.1) is 19.3 Å². The Balaban J connectivity index is 1.90. The van der Waals surface area contributed by atoms with E-state index in [4.69, 9.17) is 9.31 Å². The standard InChI is InChI=1S/C31H45BO3/c1-11-31(12-2,25-15-13-24(21(3)19-25)14-18-28(33)29(6,7)8)26-16-17-27(22(4)20-26)32-34-23(5)30(9,10)35-32/h13,15-17,19-20,28,33H,5,11-12,14,18H2,1-4,6-10H3. The summed E-state index contributed by atoms with van der Waals surface area (Å²) in [6, 6.07) is 13.7. The van der Waals surface area contributed by atoms with Gasteiger partial charge in [0, 0.05) is 5.41 Å². The lowest BCUT2D eigenvalue weighted by Gasteiger charge is -2.34. The third kappa shape index (κ3) is 5.54. The molecule has 1 fully saturated rings. The summed E-state index contributed by atoms with van der Waals surface area (Å²) in [4.78, 5) is 0. The van der Waals surface area contributed by atoms with E-state index in [0.717, 1.165) is 31.1 Å². The highest BCUT2D eigenvalue weighted by Gasteiger charge is 2.43. The molecule has 1 aliphatic heterocycles. The number of aliphatic hydroxyl groups is 1. The highest BCUT2D eigenvalue weighted by Crippen LogP contribution is 2.40. The van der Waals surface area contributed by atoms with Gasteiger partial charge < -0.3 is 14.4 Å². The number of hydrogen-bond donors (Lipinski definition) is 1. The van der Waals surface area contributed by atoms with E-state index in [1.54, 1.807) is 0 Å². The van der Waals surface area contributed by atoms with Crippen LogP contribution < -0.4 is 5.46 Å². The molecule has 0 aromatic heterocycles. The lowest BCUT2D eigenvalue weighted by atomic mass is 9.67. The van der Waals surface area contributed by atoms with E-state index >= 15 is 0 Å². The molecule has 2 aromatic rings. The van der Waals surface area contributed by atoms with Gasteiger partial charge in [-0.1, -0.05) is 77.6 Å². The van der Waals surface area contributed by atoms with Gasteiger partial charge >= 0.3 is 7.12 Å². The minimum atomic E-state index is -0.478. The van der Waals surface area contributed by atoms with Crippen molar-refractivity contribution in [1.82, 2.24) is 0 Å². The quantitative estimate of drug-likeness (QED) is 0.427. The third-order valence-electron chi connectivity index (χ3n) is 8.19. The van der Waals surface area contributed by atoms with Crippen LogP contribution in [0.25, 0.3) is 0 Å². The first-order valence-corrected chi connectivity index (χ1v) is 13.2. The van der Waals surface area contributed by atoms with Crippen molar-refractivity contribution in [2.45, 2.75) is 105 Å². The number of aliphatic hydroxyl groups excluding tert-OH is 1. The van der Waals surface area contributed by atoms with E-state index in [2.05, 4.69) is 91.4 Å². The predicted molar refractivity (Wildman–Crippen MR) is 148 cm³/mol. The van der Waals surface area contributed by atoms with Crippen LogP contribution in [-0.4, -0.2) is 23.9 Å². The summed E-state index contributed by atoms with van der Waals surface area (Å²) in [5, 5.41) is 10.5. The van der Waals surface area contributed by atoms with Crippen LogP contribution in [0.4, 0.5) is 0 Å². The number of hydrogen-bond acceptors (Lipinski definition) is 3. The zero-order chi connectivity index (χ0) is 26.2. The van der Waals surface area contributed by atoms with Gasteiger partial charge in [-0.05, 0) is 92.1 Å². The molecule has 1 atom stereocenters. The van der Waals surface area contributed by atoms with Crippen LogP contribution in [-0.2, 0) is 21.1 Å². The Kier molecular flexibility index (Phi) is 7.99. The van der Waals surface area contributed by atoms with E-state index in [1.807, 2.05) is 13.8 Å². The monoisotopic (exact) mass is 476 g/mol. The van der Waals surface area contributed by atoms with Crippen molar-refractivity contribution in [2.75, 3.05) is 0 Å². The summed E-state index contributed by atoms with van der Waals surface area (Å²) in [5.74, 6) is 0.674. The fourth-order valence-corrected chi connectivity index (χ4v) is 5.23. The van der Waals surface area contributed by atoms with Crippen molar-refractivity contribution in [2.24, 2.45) is 5.41 Å². The maximum atomic E-state index is 10.5. The van der Waals surface area contributed by atoms with Crippen LogP contribution >= 0.6 is 0 Å². The average Bonchev–Trinajstić information content (AvgIpc) is 3.05. The molecule has 0 radical (unpaired) electrons. The molecule has 1 unspecified atom stereocenters. The minimum Gasteiger partial charge on any atom is -0.534 e. The molecule has 0 spiro atoms. The van der Waals surface area contributed by atoms with Gasteiger partial charge in [-0.15, -0.1) is 0 Å². The summed E-state index contributed by atoms with van der Waals surface area (Å²) in [6.07, 6.45) is 3.41. The van der Waals surface area contributed by atoms with Crippen LogP contribution in [0.3, 0.4) is 0 Å². The Labute approximate surface area is 214 Å². The molecular weight excluding hydrogens is 431 g/mol. The second-order valence-electron chi connectivity index (χ2n) is 11.9. The van der Waals surface area contributed by atoms with Gasteiger partial charge in [-0.25, -0.2) is 0 Å². The van der Waals surface area contributed by atoms with Crippen molar-refractivity contribution in [3.63, 3.8) is 0 Å². The zero-order valence-electron chi connectivity index (χ0n) is 23.4. The average molecular weight is 477 g/mol. The first-order valence-electron chi connectivity index (χ1n) is 13.2.